The Morgan fingerprint density at radius 2 is 1.89 bits per heavy atom. The molecule has 35 heavy (non-hydrogen) atoms. The Balaban J connectivity index is 1.49. The van der Waals surface area contributed by atoms with E-state index in [2.05, 4.69) is 4.98 Å². The van der Waals surface area contributed by atoms with Crippen LogP contribution in [-0.4, -0.2) is 41.8 Å². The number of sulfone groups is 1. The average molecular weight is 527 g/mol. The molecule has 2 aromatic carbocycles. The van der Waals surface area contributed by atoms with Crippen LogP contribution in [0.3, 0.4) is 0 Å². The largest absolute Gasteiger partial charge is 0.459 e. The van der Waals surface area contributed by atoms with Gasteiger partial charge in [0, 0.05) is 16.6 Å². The van der Waals surface area contributed by atoms with Gasteiger partial charge in [0.15, 0.2) is 9.84 Å². The van der Waals surface area contributed by atoms with Crippen molar-refractivity contribution in [2.75, 3.05) is 11.5 Å². The minimum absolute atomic E-state index is 0.0645. The van der Waals surface area contributed by atoms with Crippen LogP contribution in [0.2, 0.25) is 5.02 Å². The minimum atomic E-state index is -3.21. The summed E-state index contributed by atoms with van der Waals surface area (Å²) in [5, 5.41) is 1.37. The van der Waals surface area contributed by atoms with Crippen LogP contribution in [0.15, 0.2) is 71.1 Å². The Morgan fingerprint density at radius 3 is 2.60 bits per heavy atom. The molecular weight excluding hydrogens is 504 g/mol. The second-order valence-electron chi connectivity index (χ2n) is 8.54. The maximum atomic E-state index is 13.9. The fourth-order valence-electron chi connectivity index (χ4n) is 4.31. The Bertz CT molecular complexity index is 1480. The summed E-state index contributed by atoms with van der Waals surface area (Å²) >= 11 is 7.57. The van der Waals surface area contributed by atoms with Crippen LogP contribution >= 0.6 is 22.9 Å². The molecule has 0 N–H and O–H groups in total. The van der Waals surface area contributed by atoms with Crippen molar-refractivity contribution in [3.63, 3.8) is 0 Å². The molecule has 1 saturated heterocycles. The second kappa shape index (κ2) is 9.60. The van der Waals surface area contributed by atoms with E-state index in [1.54, 1.807) is 17.0 Å². The predicted molar refractivity (Wildman–Crippen MR) is 138 cm³/mol. The number of halogens is 1. The maximum Gasteiger partial charge on any atom is 0.274 e. The zero-order valence-corrected chi connectivity index (χ0v) is 21.4. The van der Waals surface area contributed by atoms with Crippen LogP contribution in [0, 0.1) is 6.92 Å². The lowest BCUT2D eigenvalue weighted by Gasteiger charge is -2.27. The van der Waals surface area contributed by atoms with E-state index in [-0.39, 0.29) is 24.0 Å². The highest BCUT2D eigenvalue weighted by molar-refractivity contribution is 7.91. The van der Waals surface area contributed by atoms with E-state index in [9.17, 15) is 13.2 Å². The molecule has 5 rings (SSSR count). The molecule has 3 heterocycles. The van der Waals surface area contributed by atoms with E-state index in [4.69, 9.17) is 16.0 Å². The number of aryl methyl sites for hydroxylation is 1. The summed E-state index contributed by atoms with van der Waals surface area (Å²) in [6, 6.07) is 20.2. The van der Waals surface area contributed by atoms with Gasteiger partial charge in [0.1, 0.15) is 17.2 Å². The van der Waals surface area contributed by atoms with Crippen LogP contribution in [0.25, 0.3) is 21.8 Å². The Morgan fingerprint density at radius 1 is 1.11 bits per heavy atom. The molecule has 1 fully saturated rings. The normalized spacial score (nSPS) is 16.9. The number of rotatable bonds is 6. The van der Waals surface area contributed by atoms with Gasteiger partial charge in [-0.05, 0) is 43.2 Å². The molecule has 0 aliphatic carbocycles. The van der Waals surface area contributed by atoms with Crippen molar-refractivity contribution >= 4 is 38.7 Å². The SMILES string of the molecule is Cc1nc(C(=O)N(Cc2ccc(-c3cccc(Cl)c3)o2)C2CCS(=O)(=O)C2)c(-c2ccccc2)s1. The highest BCUT2D eigenvalue weighted by atomic mass is 35.5. The highest BCUT2D eigenvalue weighted by Crippen LogP contribution is 2.33. The molecular formula is C26H23ClN2O4S2. The van der Waals surface area contributed by atoms with Crippen molar-refractivity contribution < 1.29 is 17.6 Å². The average Bonchev–Trinajstić information content (AvgIpc) is 3.56. The number of hydrogen-bond acceptors (Lipinski definition) is 6. The van der Waals surface area contributed by atoms with Crippen molar-refractivity contribution in [3.8, 4) is 21.8 Å². The molecule has 0 spiro atoms. The van der Waals surface area contributed by atoms with Gasteiger partial charge < -0.3 is 9.32 Å². The molecule has 9 heteroatoms. The van der Waals surface area contributed by atoms with Gasteiger partial charge >= 0.3 is 0 Å². The summed E-state index contributed by atoms with van der Waals surface area (Å²) in [4.78, 5) is 20.8. The van der Waals surface area contributed by atoms with Gasteiger partial charge in [0.25, 0.3) is 5.91 Å². The molecule has 4 aromatic rings. The quantitative estimate of drug-likeness (QED) is 0.314. The third-order valence-electron chi connectivity index (χ3n) is 5.98. The van der Waals surface area contributed by atoms with Gasteiger partial charge in [-0.3, -0.25) is 4.79 Å². The first-order valence-corrected chi connectivity index (χ1v) is 14.2. The van der Waals surface area contributed by atoms with E-state index >= 15 is 0 Å². The Kier molecular flexibility index (Phi) is 6.53. The summed E-state index contributed by atoms with van der Waals surface area (Å²) in [6.07, 6.45) is 0.389. The number of thiazole rings is 1. The van der Waals surface area contributed by atoms with Gasteiger partial charge in [0.2, 0.25) is 0 Å². The van der Waals surface area contributed by atoms with E-state index in [1.165, 1.54) is 11.3 Å². The highest BCUT2D eigenvalue weighted by Gasteiger charge is 2.37. The molecule has 2 aromatic heterocycles. The lowest BCUT2D eigenvalue weighted by atomic mass is 10.1. The fourth-order valence-corrected chi connectivity index (χ4v) is 7.15. The van der Waals surface area contributed by atoms with Crippen LogP contribution < -0.4 is 0 Å². The first-order chi connectivity index (χ1) is 16.8. The van der Waals surface area contributed by atoms with E-state index < -0.39 is 15.9 Å². The lowest BCUT2D eigenvalue weighted by molar-refractivity contribution is 0.0662. The summed E-state index contributed by atoms with van der Waals surface area (Å²) < 4.78 is 30.6. The van der Waals surface area contributed by atoms with E-state index in [0.29, 0.717) is 28.7 Å². The Labute approximate surface area is 213 Å². The molecule has 180 valence electrons. The smallest absolute Gasteiger partial charge is 0.274 e. The summed E-state index contributed by atoms with van der Waals surface area (Å²) in [6.45, 7) is 2.01. The zero-order valence-electron chi connectivity index (χ0n) is 19.0. The standard InChI is InChI=1S/C26H23ClN2O4S2/c1-17-28-24(25(34-17)18-6-3-2-4-7-18)26(30)29(21-12-13-35(31,32)16-21)15-22-10-11-23(33-22)19-8-5-9-20(27)14-19/h2-11,14,21H,12-13,15-16H2,1H3. The summed E-state index contributed by atoms with van der Waals surface area (Å²) in [5.74, 6) is 0.893. The predicted octanol–water partition coefficient (Wildman–Crippen LogP) is 5.86. The molecule has 0 bridgehead atoms. The number of carbonyl (C=O) groups is 1. The minimum Gasteiger partial charge on any atom is -0.459 e. The number of benzene rings is 2. The molecule has 1 unspecified atom stereocenters. The fraction of sp³-hybridized carbons (Fsp3) is 0.231. The monoisotopic (exact) mass is 526 g/mol. The van der Waals surface area contributed by atoms with Gasteiger partial charge in [-0.1, -0.05) is 54.1 Å². The van der Waals surface area contributed by atoms with E-state index in [1.807, 2.05) is 61.5 Å². The Hall–Kier alpha value is -2.94. The number of carbonyl (C=O) groups excluding carboxylic acids is 1. The van der Waals surface area contributed by atoms with Crippen molar-refractivity contribution in [3.05, 3.63) is 88.2 Å². The number of aromatic nitrogens is 1. The molecule has 1 aliphatic heterocycles. The third kappa shape index (κ3) is 5.19. The van der Waals surface area contributed by atoms with Crippen LogP contribution in [0.5, 0.6) is 0 Å². The van der Waals surface area contributed by atoms with Crippen LogP contribution in [0.4, 0.5) is 0 Å². The zero-order chi connectivity index (χ0) is 24.6. The second-order valence-corrected chi connectivity index (χ2v) is 12.4. The first-order valence-electron chi connectivity index (χ1n) is 11.2. The van der Waals surface area contributed by atoms with Gasteiger partial charge in [-0.2, -0.15) is 0 Å². The number of amides is 1. The first kappa shape index (κ1) is 23.8. The van der Waals surface area contributed by atoms with Crippen molar-refractivity contribution in [2.45, 2.75) is 25.9 Å². The van der Waals surface area contributed by atoms with Gasteiger partial charge in [0.05, 0.1) is 27.9 Å². The summed E-state index contributed by atoms with van der Waals surface area (Å²) in [5.41, 5.74) is 2.07. The topological polar surface area (TPSA) is 80.5 Å². The van der Waals surface area contributed by atoms with Crippen molar-refractivity contribution in [2.24, 2.45) is 0 Å². The van der Waals surface area contributed by atoms with Gasteiger partial charge in [-0.15, -0.1) is 11.3 Å². The van der Waals surface area contributed by atoms with Crippen molar-refractivity contribution in [1.82, 2.24) is 9.88 Å². The molecule has 0 radical (unpaired) electrons. The number of nitrogens with zero attached hydrogens (tertiary/aromatic N) is 2. The molecule has 6 nitrogen and oxygen atoms in total. The van der Waals surface area contributed by atoms with Crippen LogP contribution in [-0.2, 0) is 16.4 Å². The van der Waals surface area contributed by atoms with Crippen molar-refractivity contribution in [1.29, 1.82) is 0 Å². The molecule has 0 saturated carbocycles. The van der Waals surface area contributed by atoms with Crippen LogP contribution in [0.1, 0.15) is 27.7 Å². The number of hydrogen-bond donors (Lipinski definition) is 0. The van der Waals surface area contributed by atoms with E-state index in [0.717, 1.165) is 21.0 Å². The molecule has 1 aliphatic rings. The molecule has 1 amide bonds. The van der Waals surface area contributed by atoms with Gasteiger partial charge in [-0.25, -0.2) is 13.4 Å². The number of furan rings is 1. The molecule has 1 atom stereocenters. The third-order valence-corrected chi connectivity index (χ3v) is 8.98. The maximum absolute atomic E-state index is 13.9. The lowest BCUT2D eigenvalue weighted by Crippen LogP contribution is -2.41. The summed E-state index contributed by atoms with van der Waals surface area (Å²) in [7, 11) is -3.21.